The third-order valence-corrected chi connectivity index (χ3v) is 8.70. The summed E-state index contributed by atoms with van der Waals surface area (Å²) >= 11 is 0. The number of ether oxygens (including phenoxy) is 1. The van der Waals surface area contributed by atoms with Gasteiger partial charge in [-0.1, -0.05) is 20.8 Å². The molecule has 0 amide bonds. The standard InChI is InChI=1S/C15H26N3O5PSi.Y/c1-11(19)8-12(23-25(6,7)15(2,3)4)13-16-9-18(17-13)14(20)22-10-24(5)21;/h8-9,24H,10H2,1-7H3;. The van der Waals surface area contributed by atoms with E-state index >= 15 is 0 Å². The van der Waals surface area contributed by atoms with Crippen LogP contribution in [0.5, 0.6) is 0 Å². The summed E-state index contributed by atoms with van der Waals surface area (Å²) in [4.78, 5) is 27.4. The van der Waals surface area contributed by atoms with Gasteiger partial charge in [-0.05, 0) is 31.7 Å². The maximum absolute atomic E-state index is 11.8. The van der Waals surface area contributed by atoms with Crippen molar-refractivity contribution >= 4 is 33.8 Å². The molecule has 0 fully saturated rings. The molecule has 1 unspecified atom stereocenters. The number of nitrogens with zero attached hydrogens (tertiary/aromatic N) is 3. The molecule has 11 heteroatoms. The number of allylic oxidation sites excluding steroid dienone is 1. The molecule has 0 saturated heterocycles. The Morgan fingerprint density at radius 2 is 1.92 bits per heavy atom. The van der Waals surface area contributed by atoms with Crippen LogP contribution in [-0.4, -0.2) is 48.0 Å². The first kappa shape index (κ1) is 25.4. The number of carbonyl (C=O) groups is 2. The Morgan fingerprint density at radius 3 is 2.38 bits per heavy atom. The molecule has 1 heterocycles. The summed E-state index contributed by atoms with van der Waals surface area (Å²) in [5.41, 5.74) is 0. The third-order valence-electron chi connectivity index (χ3n) is 3.80. The maximum atomic E-state index is 11.8. The molecule has 0 bridgehead atoms. The fourth-order valence-electron chi connectivity index (χ4n) is 1.45. The number of aromatic nitrogens is 3. The van der Waals surface area contributed by atoms with Crippen molar-refractivity contribution in [2.24, 2.45) is 0 Å². The molecule has 0 spiro atoms. The Labute approximate surface area is 180 Å². The van der Waals surface area contributed by atoms with E-state index in [1.807, 2.05) is 13.1 Å². The molecule has 0 aliphatic heterocycles. The number of hydrogen-bond donors (Lipinski definition) is 0. The topological polar surface area (TPSA) is 100 Å². The van der Waals surface area contributed by atoms with Crippen LogP contribution < -0.4 is 0 Å². The molecular formula is C15H26N3O5PSiY. The average Bonchev–Trinajstić information content (AvgIpc) is 2.91. The molecule has 0 saturated carbocycles. The van der Waals surface area contributed by atoms with E-state index < -0.39 is 22.2 Å². The summed E-state index contributed by atoms with van der Waals surface area (Å²) in [6.45, 7) is 13.2. The molecule has 0 aliphatic carbocycles. The molecule has 0 N–H and O–H groups in total. The van der Waals surface area contributed by atoms with Crippen molar-refractivity contribution < 1.29 is 56.0 Å². The van der Waals surface area contributed by atoms with E-state index in [0.717, 1.165) is 4.68 Å². The van der Waals surface area contributed by atoms with Gasteiger partial charge in [-0.3, -0.25) is 4.79 Å². The van der Waals surface area contributed by atoms with Crippen LogP contribution in [0.3, 0.4) is 0 Å². The van der Waals surface area contributed by atoms with E-state index in [2.05, 4.69) is 30.9 Å². The molecule has 1 radical (unpaired) electrons. The SMILES string of the molecule is CC(=O)C=C(O[Si](C)(C)C(C)(C)C)c1ncn(C(=O)OC[PH](C)=O)n1.[Y]. The summed E-state index contributed by atoms with van der Waals surface area (Å²) in [6, 6.07) is 0. The zero-order chi connectivity index (χ0) is 19.4. The Balaban J connectivity index is 0.00000625. The van der Waals surface area contributed by atoms with Crippen LogP contribution in [0.15, 0.2) is 12.4 Å². The minimum atomic E-state index is -2.23. The van der Waals surface area contributed by atoms with Gasteiger partial charge in [0, 0.05) is 38.8 Å². The van der Waals surface area contributed by atoms with E-state index in [1.165, 1.54) is 26.0 Å². The van der Waals surface area contributed by atoms with Gasteiger partial charge < -0.3 is 13.7 Å². The third kappa shape index (κ3) is 7.55. The van der Waals surface area contributed by atoms with E-state index in [4.69, 9.17) is 9.16 Å². The average molecular weight is 476 g/mol. The Kier molecular flexibility index (Phi) is 9.82. The summed E-state index contributed by atoms with van der Waals surface area (Å²) in [7, 11) is -4.16. The second-order valence-corrected chi connectivity index (χ2v) is 13.7. The second kappa shape index (κ2) is 10.1. The maximum Gasteiger partial charge on any atom is 0.436 e. The quantitative estimate of drug-likeness (QED) is 0.269. The van der Waals surface area contributed by atoms with Crippen LogP contribution in [0.2, 0.25) is 18.1 Å². The van der Waals surface area contributed by atoms with Gasteiger partial charge in [0.1, 0.15) is 20.5 Å². The van der Waals surface area contributed by atoms with E-state index in [0.29, 0.717) is 0 Å². The van der Waals surface area contributed by atoms with Gasteiger partial charge in [-0.2, -0.15) is 4.68 Å². The van der Waals surface area contributed by atoms with E-state index in [-0.39, 0.29) is 61.5 Å². The summed E-state index contributed by atoms with van der Waals surface area (Å²) in [5.74, 6) is 0.146. The largest absolute Gasteiger partial charge is 0.541 e. The van der Waals surface area contributed by atoms with Crippen LogP contribution in [-0.2, 0) is 51.2 Å². The molecule has 26 heavy (non-hydrogen) atoms. The van der Waals surface area contributed by atoms with Gasteiger partial charge in [0.2, 0.25) is 5.82 Å². The number of rotatable bonds is 6. The first-order valence-electron chi connectivity index (χ1n) is 7.83. The molecule has 0 aromatic carbocycles. The van der Waals surface area contributed by atoms with Crippen LogP contribution in [0, 0.1) is 0 Å². The van der Waals surface area contributed by atoms with E-state index in [1.54, 1.807) is 0 Å². The summed E-state index contributed by atoms with van der Waals surface area (Å²) in [5, 5.41) is 3.94. The molecule has 1 rings (SSSR count). The van der Waals surface area contributed by atoms with Crippen LogP contribution in [0.4, 0.5) is 4.79 Å². The minimum Gasteiger partial charge on any atom is -0.541 e. The second-order valence-electron chi connectivity index (χ2n) is 7.25. The molecule has 1 aromatic rings. The predicted molar refractivity (Wildman–Crippen MR) is 98.6 cm³/mol. The van der Waals surface area contributed by atoms with Gasteiger partial charge in [-0.15, -0.1) is 5.10 Å². The molecule has 143 valence electrons. The Hall–Kier alpha value is -0.629. The Bertz CT molecular complexity index is 712. The summed E-state index contributed by atoms with van der Waals surface area (Å²) < 4.78 is 22.9. The molecule has 1 atom stereocenters. The van der Waals surface area contributed by atoms with Gasteiger partial charge in [0.05, 0.1) is 0 Å². The van der Waals surface area contributed by atoms with Crippen LogP contribution in [0.25, 0.3) is 5.76 Å². The number of hydrogen-bond acceptors (Lipinski definition) is 7. The van der Waals surface area contributed by atoms with Crippen molar-refractivity contribution in [1.29, 1.82) is 0 Å². The van der Waals surface area contributed by atoms with Crippen molar-refractivity contribution in [3.8, 4) is 0 Å². The predicted octanol–water partition coefficient (Wildman–Crippen LogP) is 3.36. The monoisotopic (exact) mass is 476 g/mol. The van der Waals surface area contributed by atoms with Crippen molar-refractivity contribution in [1.82, 2.24) is 14.8 Å². The van der Waals surface area contributed by atoms with Crippen molar-refractivity contribution in [3.05, 3.63) is 18.2 Å². The van der Waals surface area contributed by atoms with Gasteiger partial charge in [0.15, 0.2) is 11.5 Å². The van der Waals surface area contributed by atoms with Crippen molar-refractivity contribution in [2.45, 2.75) is 45.8 Å². The Morgan fingerprint density at radius 1 is 1.35 bits per heavy atom. The van der Waals surface area contributed by atoms with Gasteiger partial charge >= 0.3 is 6.09 Å². The fraction of sp³-hybridized carbons (Fsp3) is 0.600. The number of carbonyl (C=O) groups excluding carboxylic acids is 2. The van der Waals surface area contributed by atoms with Crippen molar-refractivity contribution in [3.63, 3.8) is 0 Å². The van der Waals surface area contributed by atoms with Crippen LogP contribution in [0.1, 0.15) is 33.5 Å². The van der Waals surface area contributed by atoms with Crippen LogP contribution >= 0.6 is 7.80 Å². The van der Waals surface area contributed by atoms with Gasteiger partial charge in [-0.25, -0.2) is 9.78 Å². The normalized spacial score (nSPS) is 13.6. The molecule has 1 aromatic heterocycles. The zero-order valence-corrected chi connectivity index (χ0v) is 21.2. The fourth-order valence-corrected chi connectivity index (χ4v) is 2.78. The molecule has 8 nitrogen and oxygen atoms in total. The summed E-state index contributed by atoms with van der Waals surface area (Å²) in [6.07, 6.45) is 1.55. The minimum absolute atomic E-state index is 0. The smallest absolute Gasteiger partial charge is 0.436 e. The molecule has 0 aliphatic rings. The first-order valence-corrected chi connectivity index (χ1v) is 12.9. The van der Waals surface area contributed by atoms with Gasteiger partial charge in [0.25, 0.3) is 8.32 Å². The first-order chi connectivity index (χ1) is 11.3. The number of ketones is 1. The van der Waals surface area contributed by atoms with E-state index in [9.17, 15) is 14.2 Å². The zero-order valence-electron chi connectivity index (χ0n) is 16.3. The molecular weight excluding hydrogens is 450 g/mol. The van der Waals surface area contributed by atoms with Crippen molar-refractivity contribution in [2.75, 3.05) is 13.0 Å².